The fraction of sp³-hybridized carbons (Fsp3) is 0.727. The molecule has 0 bridgehead atoms. The van der Waals surface area contributed by atoms with Crippen LogP contribution in [0.15, 0.2) is 12.2 Å². The molecule has 0 aromatic heterocycles. The lowest BCUT2D eigenvalue weighted by molar-refractivity contribution is -0.153. The second-order valence-electron chi connectivity index (χ2n) is 3.85. The number of esters is 1. The zero-order valence-corrected chi connectivity index (χ0v) is 8.82. The number of methoxy groups -OCH3 is 1. The monoisotopic (exact) mass is 198 g/mol. The van der Waals surface area contributed by atoms with Gasteiger partial charge in [-0.2, -0.15) is 0 Å². The number of hydrogen-bond donors (Lipinski definition) is 1. The molecule has 1 N–H and O–H groups in total. The van der Waals surface area contributed by atoms with Gasteiger partial charge >= 0.3 is 5.97 Å². The lowest BCUT2D eigenvalue weighted by atomic mass is 9.98. The van der Waals surface area contributed by atoms with E-state index in [4.69, 9.17) is 0 Å². The number of hydrogen-bond acceptors (Lipinski definition) is 3. The molecule has 0 spiro atoms. The summed E-state index contributed by atoms with van der Waals surface area (Å²) in [6.45, 7) is 2.10. The molecule has 1 fully saturated rings. The maximum absolute atomic E-state index is 11.1. The Kier molecular flexibility index (Phi) is 3.69. The van der Waals surface area contributed by atoms with E-state index in [0.717, 1.165) is 25.7 Å². The smallest absolute Gasteiger partial charge is 0.335 e. The summed E-state index contributed by atoms with van der Waals surface area (Å²) in [7, 11) is 1.30. The van der Waals surface area contributed by atoms with Gasteiger partial charge in [-0.15, -0.1) is 0 Å². The molecule has 1 aliphatic rings. The van der Waals surface area contributed by atoms with E-state index in [1.807, 2.05) is 12.2 Å². The quantitative estimate of drug-likeness (QED) is 0.540. The van der Waals surface area contributed by atoms with Gasteiger partial charge in [0.2, 0.25) is 0 Å². The van der Waals surface area contributed by atoms with Gasteiger partial charge in [0.25, 0.3) is 0 Å². The predicted molar refractivity (Wildman–Crippen MR) is 53.7 cm³/mol. The van der Waals surface area contributed by atoms with Crippen LogP contribution in [0.4, 0.5) is 0 Å². The first-order valence-corrected chi connectivity index (χ1v) is 5.10. The first-order valence-electron chi connectivity index (χ1n) is 5.10. The van der Waals surface area contributed by atoms with Crippen molar-refractivity contribution in [2.75, 3.05) is 7.11 Å². The van der Waals surface area contributed by atoms with Gasteiger partial charge in [0, 0.05) is 5.41 Å². The van der Waals surface area contributed by atoms with E-state index in [0.29, 0.717) is 0 Å². The Bertz CT molecular complexity index is 229. The summed E-state index contributed by atoms with van der Waals surface area (Å²) in [6.07, 6.45) is 6.86. The molecule has 0 amide bonds. The Hall–Kier alpha value is -0.830. The Balaban J connectivity index is 2.53. The molecule has 0 heterocycles. The molecule has 1 rings (SSSR count). The van der Waals surface area contributed by atoms with Crippen LogP contribution >= 0.6 is 0 Å². The summed E-state index contributed by atoms with van der Waals surface area (Å²) >= 11 is 0. The molecule has 1 aliphatic carbocycles. The van der Waals surface area contributed by atoms with Crippen LogP contribution in [0, 0.1) is 5.41 Å². The summed E-state index contributed by atoms with van der Waals surface area (Å²) < 4.78 is 4.52. The normalized spacial score (nSPS) is 20.8. The number of rotatable bonds is 5. The van der Waals surface area contributed by atoms with E-state index in [1.54, 1.807) is 0 Å². The Morgan fingerprint density at radius 3 is 2.71 bits per heavy atom. The maximum atomic E-state index is 11.1. The summed E-state index contributed by atoms with van der Waals surface area (Å²) in [6, 6.07) is 0. The van der Waals surface area contributed by atoms with Crippen LogP contribution in [0.3, 0.4) is 0 Å². The highest BCUT2D eigenvalue weighted by Gasteiger charge is 2.50. The van der Waals surface area contributed by atoms with E-state index in [1.165, 1.54) is 7.11 Å². The van der Waals surface area contributed by atoms with Crippen LogP contribution in [0.5, 0.6) is 0 Å². The number of unbranched alkanes of at least 4 members (excludes halogenated alkanes) is 1. The van der Waals surface area contributed by atoms with Crippen molar-refractivity contribution in [2.24, 2.45) is 5.41 Å². The van der Waals surface area contributed by atoms with E-state index in [9.17, 15) is 9.90 Å². The third-order valence-corrected chi connectivity index (χ3v) is 2.70. The van der Waals surface area contributed by atoms with Crippen LogP contribution in [-0.2, 0) is 9.53 Å². The third-order valence-electron chi connectivity index (χ3n) is 2.70. The minimum Gasteiger partial charge on any atom is -0.467 e. The van der Waals surface area contributed by atoms with Crippen molar-refractivity contribution in [1.29, 1.82) is 0 Å². The molecular weight excluding hydrogens is 180 g/mol. The number of carbonyl (C=O) groups is 1. The van der Waals surface area contributed by atoms with Crippen molar-refractivity contribution in [2.45, 2.75) is 38.7 Å². The second-order valence-corrected chi connectivity index (χ2v) is 3.85. The lowest BCUT2D eigenvalue weighted by Gasteiger charge is -2.15. The fourth-order valence-electron chi connectivity index (χ4n) is 1.51. The molecule has 0 aromatic carbocycles. The average Bonchev–Trinajstić information content (AvgIpc) is 2.97. The van der Waals surface area contributed by atoms with Crippen molar-refractivity contribution in [3.8, 4) is 0 Å². The zero-order valence-electron chi connectivity index (χ0n) is 8.82. The van der Waals surface area contributed by atoms with Crippen LogP contribution in [0.25, 0.3) is 0 Å². The molecule has 0 saturated heterocycles. The summed E-state index contributed by atoms with van der Waals surface area (Å²) in [5.41, 5.74) is -0.317. The number of ether oxygens (including phenoxy) is 1. The van der Waals surface area contributed by atoms with Gasteiger partial charge < -0.3 is 9.84 Å². The maximum Gasteiger partial charge on any atom is 0.335 e. The van der Waals surface area contributed by atoms with Crippen molar-refractivity contribution in [3.05, 3.63) is 12.2 Å². The first-order chi connectivity index (χ1) is 6.66. The van der Waals surface area contributed by atoms with Gasteiger partial charge in [0.05, 0.1) is 7.11 Å². The Labute approximate surface area is 84.8 Å². The highest BCUT2D eigenvalue weighted by molar-refractivity contribution is 5.76. The van der Waals surface area contributed by atoms with Gasteiger partial charge in [-0.1, -0.05) is 25.5 Å². The molecule has 14 heavy (non-hydrogen) atoms. The summed E-state index contributed by atoms with van der Waals surface area (Å²) in [4.78, 5) is 11.1. The van der Waals surface area contributed by atoms with Gasteiger partial charge in [0.15, 0.2) is 6.10 Å². The molecule has 1 atom stereocenters. The van der Waals surface area contributed by atoms with Crippen LogP contribution in [-0.4, -0.2) is 24.3 Å². The molecule has 3 heteroatoms. The molecule has 0 radical (unpaired) electrons. The minimum absolute atomic E-state index is 0.317. The van der Waals surface area contributed by atoms with Gasteiger partial charge in [-0.25, -0.2) is 4.79 Å². The number of aliphatic hydroxyl groups excluding tert-OH is 1. The Morgan fingerprint density at radius 2 is 2.29 bits per heavy atom. The number of aliphatic hydroxyl groups is 1. The fourth-order valence-corrected chi connectivity index (χ4v) is 1.51. The van der Waals surface area contributed by atoms with Crippen molar-refractivity contribution >= 4 is 5.97 Å². The Morgan fingerprint density at radius 1 is 1.64 bits per heavy atom. The molecule has 0 aliphatic heterocycles. The van der Waals surface area contributed by atoms with Crippen molar-refractivity contribution in [3.63, 3.8) is 0 Å². The van der Waals surface area contributed by atoms with E-state index >= 15 is 0 Å². The molecule has 1 saturated carbocycles. The number of allylic oxidation sites excluding steroid dienone is 1. The minimum atomic E-state index is -0.986. The van der Waals surface area contributed by atoms with Crippen molar-refractivity contribution in [1.82, 2.24) is 0 Å². The summed E-state index contributed by atoms with van der Waals surface area (Å²) in [5, 5.41) is 9.68. The molecule has 3 nitrogen and oxygen atoms in total. The highest BCUT2D eigenvalue weighted by Crippen LogP contribution is 2.50. The summed E-state index contributed by atoms with van der Waals surface area (Å²) in [5.74, 6) is -0.524. The topological polar surface area (TPSA) is 46.5 Å². The van der Waals surface area contributed by atoms with E-state index < -0.39 is 12.1 Å². The van der Waals surface area contributed by atoms with Gasteiger partial charge in [-0.05, 0) is 19.3 Å². The zero-order chi connectivity index (χ0) is 10.6. The van der Waals surface area contributed by atoms with Crippen molar-refractivity contribution < 1.29 is 14.6 Å². The molecule has 80 valence electrons. The van der Waals surface area contributed by atoms with Gasteiger partial charge in [-0.3, -0.25) is 0 Å². The highest BCUT2D eigenvalue weighted by atomic mass is 16.5. The predicted octanol–water partition coefficient (Wildman–Crippen LogP) is 1.66. The van der Waals surface area contributed by atoms with Crippen LogP contribution in [0.1, 0.15) is 32.6 Å². The van der Waals surface area contributed by atoms with Crippen LogP contribution in [0.2, 0.25) is 0 Å². The van der Waals surface area contributed by atoms with Gasteiger partial charge in [0.1, 0.15) is 0 Å². The van der Waals surface area contributed by atoms with E-state index in [2.05, 4.69) is 11.7 Å². The molecular formula is C11H18O3. The van der Waals surface area contributed by atoms with E-state index in [-0.39, 0.29) is 5.41 Å². The largest absolute Gasteiger partial charge is 0.467 e. The van der Waals surface area contributed by atoms with Crippen LogP contribution < -0.4 is 0 Å². The average molecular weight is 198 g/mol. The molecule has 0 aromatic rings. The standard InChI is InChI=1S/C11H18O3/c1-3-4-5-6-11(7-8-11)9(12)10(13)14-2/h5-6,9,12H,3-4,7-8H2,1-2H3/b6-5+. The third kappa shape index (κ3) is 2.35. The second kappa shape index (κ2) is 4.60. The SMILES string of the molecule is CCC/C=C/C1(C(O)C(=O)OC)CC1. The lowest BCUT2D eigenvalue weighted by Crippen LogP contribution is -2.30. The molecule has 1 unspecified atom stereocenters. The first kappa shape index (κ1) is 11.2. The number of carbonyl (C=O) groups excluding carboxylic acids is 1.